The fraction of sp³-hybridized carbons (Fsp3) is 0.385. The van der Waals surface area contributed by atoms with Crippen molar-refractivity contribution in [2.75, 3.05) is 13.4 Å². The SMILES string of the molecule is CC(C)=CCCC1(C)C=Cc2c(ccc3c2OCC2c4cc5c(cc4OC32)OCO5)O1. The zero-order chi connectivity index (χ0) is 21.2. The number of rotatable bonds is 3. The van der Waals surface area contributed by atoms with Gasteiger partial charge < -0.3 is 23.7 Å². The second-order valence-electron chi connectivity index (χ2n) is 9.16. The Morgan fingerprint density at radius 2 is 1.87 bits per heavy atom. The number of hydrogen-bond acceptors (Lipinski definition) is 5. The van der Waals surface area contributed by atoms with Crippen molar-refractivity contribution >= 4 is 6.08 Å². The van der Waals surface area contributed by atoms with E-state index in [4.69, 9.17) is 23.7 Å². The molecule has 6 rings (SSSR count). The Kier molecular flexibility index (Phi) is 4.04. The van der Waals surface area contributed by atoms with Crippen LogP contribution in [0.3, 0.4) is 0 Å². The summed E-state index contributed by atoms with van der Waals surface area (Å²) in [5.74, 6) is 4.26. The molecule has 5 heteroatoms. The molecule has 3 unspecified atom stereocenters. The number of hydrogen-bond donors (Lipinski definition) is 0. The molecule has 0 fully saturated rings. The lowest BCUT2D eigenvalue weighted by Gasteiger charge is -2.35. The van der Waals surface area contributed by atoms with E-state index in [1.165, 1.54) is 5.57 Å². The van der Waals surface area contributed by atoms with Gasteiger partial charge in [0.05, 0.1) is 18.1 Å². The predicted octanol–water partition coefficient (Wildman–Crippen LogP) is 5.94. The van der Waals surface area contributed by atoms with Gasteiger partial charge >= 0.3 is 0 Å². The van der Waals surface area contributed by atoms with Crippen molar-refractivity contribution in [3.8, 4) is 28.7 Å². The van der Waals surface area contributed by atoms with Gasteiger partial charge in [0.15, 0.2) is 11.5 Å². The molecule has 31 heavy (non-hydrogen) atoms. The molecule has 4 aliphatic heterocycles. The molecule has 3 atom stereocenters. The normalized spacial score (nSPS) is 25.9. The molecule has 2 aromatic carbocycles. The third-order valence-corrected chi connectivity index (χ3v) is 6.56. The van der Waals surface area contributed by atoms with Crippen molar-refractivity contribution in [2.24, 2.45) is 0 Å². The van der Waals surface area contributed by atoms with Gasteiger partial charge in [0, 0.05) is 17.2 Å². The van der Waals surface area contributed by atoms with Crippen molar-refractivity contribution in [2.45, 2.75) is 51.2 Å². The van der Waals surface area contributed by atoms with E-state index in [2.05, 4.69) is 51.1 Å². The first-order valence-electron chi connectivity index (χ1n) is 10.9. The molecule has 0 amide bonds. The predicted molar refractivity (Wildman–Crippen MR) is 117 cm³/mol. The van der Waals surface area contributed by atoms with Crippen molar-refractivity contribution < 1.29 is 23.7 Å². The van der Waals surface area contributed by atoms with Crippen LogP contribution in [-0.4, -0.2) is 19.0 Å². The summed E-state index contributed by atoms with van der Waals surface area (Å²) in [4.78, 5) is 0. The number of benzene rings is 2. The quantitative estimate of drug-likeness (QED) is 0.578. The number of fused-ring (bicyclic) bond motifs is 8. The second kappa shape index (κ2) is 6.71. The van der Waals surface area contributed by atoms with Gasteiger partial charge in [0.2, 0.25) is 6.79 Å². The molecular formula is C26H26O5. The summed E-state index contributed by atoms with van der Waals surface area (Å²) < 4.78 is 30.2. The monoisotopic (exact) mass is 418 g/mol. The first-order chi connectivity index (χ1) is 15.0. The number of allylic oxidation sites excluding steroid dienone is 2. The lowest BCUT2D eigenvalue weighted by Crippen LogP contribution is -2.32. The van der Waals surface area contributed by atoms with Crippen LogP contribution in [0, 0.1) is 0 Å². The highest BCUT2D eigenvalue weighted by Gasteiger charge is 2.43. The van der Waals surface area contributed by atoms with Crippen LogP contribution < -0.4 is 23.7 Å². The molecule has 2 aromatic rings. The molecule has 0 aromatic heterocycles. The standard InChI is InChI=1S/C26H26O5/c1-15(2)5-4-9-26(3)10-8-16-20(31-26)7-6-17-24(16)27-13-19-18-11-22-23(29-14-28-22)12-21(18)30-25(17)19/h5-8,10-12,19,25H,4,9,13-14H2,1-3H3. The Labute approximate surface area is 182 Å². The van der Waals surface area contributed by atoms with Gasteiger partial charge in [-0.2, -0.15) is 0 Å². The maximum absolute atomic E-state index is 6.42. The van der Waals surface area contributed by atoms with E-state index in [1.807, 2.05) is 12.1 Å². The van der Waals surface area contributed by atoms with Gasteiger partial charge in [-0.15, -0.1) is 0 Å². The van der Waals surface area contributed by atoms with E-state index in [0.29, 0.717) is 6.61 Å². The molecule has 0 radical (unpaired) electrons. The van der Waals surface area contributed by atoms with Crippen LogP contribution in [0.1, 0.15) is 62.3 Å². The van der Waals surface area contributed by atoms with Gasteiger partial charge in [0.25, 0.3) is 0 Å². The highest BCUT2D eigenvalue weighted by molar-refractivity contribution is 5.71. The van der Waals surface area contributed by atoms with Crippen LogP contribution in [0.2, 0.25) is 0 Å². The average Bonchev–Trinajstić information content (AvgIpc) is 3.34. The average molecular weight is 418 g/mol. The van der Waals surface area contributed by atoms with E-state index >= 15 is 0 Å². The molecule has 5 nitrogen and oxygen atoms in total. The van der Waals surface area contributed by atoms with E-state index in [9.17, 15) is 0 Å². The molecule has 0 saturated heterocycles. The maximum atomic E-state index is 6.42. The molecule has 0 spiro atoms. The molecule has 160 valence electrons. The third kappa shape index (κ3) is 2.98. The molecule has 0 N–H and O–H groups in total. The van der Waals surface area contributed by atoms with Crippen LogP contribution in [-0.2, 0) is 0 Å². The van der Waals surface area contributed by atoms with Crippen molar-refractivity contribution in [3.63, 3.8) is 0 Å². The zero-order valence-electron chi connectivity index (χ0n) is 18.1. The van der Waals surface area contributed by atoms with Crippen molar-refractivity contribution in [3.05, 3.63) is 58.7 Å². The van der Waals surface area contributed by atoms with Crippen molar-refractivity contribution in [1.29, 1.82) is 0 Å². The Morgan fingerprint density at radius 1 is 1.03 bits per heavy atom. The summed E-state index contributed by atoms with van der Waals surface area (Å²) in [6.45, 7) is 7.22. The number of ether oxygens (including phenoxy) is 5. The highest BCUT2D eigenvalue weighted by Crippen LogP contribution is 2.56. The first-order valence-corrected chi connectivity index (χ1v) is 10.9. The summed E-state index contributed by atoms with van der Waals surface area (Å²) >= 11 is 0. The molecule has 0 bridgehead atoms. The lowest BCUT2D eigenvalue weighted by atomic mass is 9.87. The Morgan fingerprint density at radius 3 is 2.71 bits per heavy atom. The summed E-state index contributed by atoms with van der Waals surface area (Å²) in [6.07, 6.45) is 8.42. The molecule has 4 aliphatic rings. The van der Waals surface area contributed by atoms with Gasteiger partial charge in [-0.05, 0) is 64.0 Å². The molecule has 0 aliphatic carbocycles. The van der Waals surface area contributed by atoms with Crippen LogP contribution >= 0.6 is 0 Å². The largest absolute Gasteiger partial charge is 0.492 e. The van der Waals surface area contributed by atoms with Crippen molar-refractivity contribution in [1.82, 2.24) is 0 Å². The fourth-order valence-electron chi connectivity index (χ4n) is 4.90. The Hall–Kier alpha value is -3.08. The van der Waals surface area contributed by atoms with E-state index < -0.39 is 0 Å². The summed E-state index contributed by atoms with van der Waals surface area (Å²) in [6, 6.07) is 8.12. The van der Waals surface area contributed by atoms with Crippen LogP contribution in [0.15, 0.2) is 42.0 Å². The maximum Gasteiger partial charge on any atom is 0.231 e. The smallest absolute Gasteiger partial charge is 0.231 e. The highest BCUT2D eigenvalue weighted by atomic mass is 16.7. The molecular weight excluding hydrogens is 392 g/mol. The van der Waals surface area contributed by atoms with Gasteiger partial charge in [-0.25, -0.2) is 0 Å². The van der Waals surface area contributed by atoms with Gasteiger partial charge in [0.1, 0.15) is 29.0 Å². The summed E-state index contributed by atoms with van der Waals surface area (Å²) in [5, 5.41) is 0. The van der Waals surface area contributed by atoms with Crippen LogP contribution in [0.4, 0.5) is 0 Å². The van der Waals surface area contributed by atoms with E-state index in [-0.39, 0.29) is 24.4 Å². The minimum atomic E-state index is -0.314. The summed E-state index contributed by atoms with van der Waals surface area (Å²) in [7, 11) is 0. The minimum Gasteiger partial charge on any atom is -0.492 e. The second-order valence-corrected chi connectivity index (χ2v) is 9.16. The Bertz CT molecular complexity index is 1130. The minimum absolute atomic E-state index is 0.0778. The molecule has 0 saturated carbocycles. The van der Waals surface area contributed by atoms with Gasteiger partial charge in [-0.3, -0.25) is 0 Å². The van der Waals surface area contributed by atoms with Gasteiger partial charge in [-0.1, -0.05) is 11.6 Å². The molecule has 4 heterocycles. The Balaban J connectivity index is 1.30. The van der Waals surface area contributed by atoms with Crippen LogP contribution in [0.5, 0.6) is 28.7 Å². The summed E-state index contributed by atoms with van der Waals surface area (Å²) in [5.41, 5.74) is 4.21. The zero-order valence-corrected chi connectivity index (χ0v) is 18.1. The van der Waals surface area contributed by atoms with E-state index in [0.717, 1.165) is 58.3 Å². The third-order valence-electron chi connectivity index (χ3n) is 6.56. The lowest BCUT2D eigenvalue weighted by molar-refractivity contribution is 0.121. The fourth-order valence-corrected chi connectivity index (χ4v) is 4.90. The van der Waals surface area contributed by atoms with Crippen LogP contribution in [0.25, 0.3) is 6.08 Å². The van der Waals surface area contributed by atoms with E-state index in [1.54, 1.807) is 0 Å². The first kappa shape index (κ1) is 18.7. The topological polar surface area (TPSA) is 46.2 Å².